The predicted octanol–water partition coefficient (Wildman–Crippen LogP) is 4.84. The number of carbonyl (C=O) groups excluding carboxylic acids is 2. The Morgan fingerprint density at radius 2 is 1.55 bits per heavy atom. The molecule has 0 fully saturated rings. The molecule has 7 nitrogen and oxygen atoms in total. The maximum Gasteiger partial charge on any atom is 0.257 e. The highest BCUT2D eigenvalue weighted by atomic mass is 16.2. The van der Waals surface area contributed by atoms with Gasteiger partial charge in [0.15, 0.2) is 0 Å². The Hall–Kier alpha value is -3.48. The monoisotopic (exact) mass is 419 g/mol. The van der Waals surface area contributed by atoms with Gasteiger partial charge in [-0.1, -0.05) is 26.8 Å². The zero-order chi connectivity index (χ0) is 22.8. The van der Waals surface area contributed by atoms with Crippen molar-refractivity contribution in [3.8, 4) is 0 Å². The van der Waals surface area contributed by atoms with Crippen LogP contribution < -0.4 is 10.6 Å². The van der Waals surface area contributed by atoms with Crippen LogP contribution >= 0.6 is 0 Å². The van der Waals surface area contributed by atoms with Crippen molar-refractivity contribution >= 4 is 23.3 Å². The Labute approximate surface area is 182 Å². The van der Waals surface area contributed by atoms with Crippen molar-refractivity contribution in [1.82, 2.24) is 14.8 Å². The second-order valence-electron chi connectivity index (χ2n) is 9.48. The van der Waals surface area contributed by atoms with Gasteiger partial charge in [-0.2, -0.15) is 5.10 Å². The lowest BCUT2D eigenvalue weighted by molar-refractivity contribution is 0.101. The number of pyridine rings is 1. The molecule has 2 aromatic heterocycles. The quantitative estimate of drug-likeness (QED) is 0.634. The number of hydrogen-bond donors (Lipinski definition) is 2. The molecule has 162 valence electrons. The van der Waals surface area contributed by atoms with Gasteiger partial charge in [0.2, 0.25) is 0 Å². The molecule has 1 aromatic carbocycles. The standard InChI is InChI=1S/C24H29N5O2/c1-23(2,3)19-14-20(29(28-19)24(4,5)6)27-21(30)16-9-7-11-18(13-16)26-22(31)17-10-8-12-25-15-17/h7-15H,1-6H3,(H,26,31)(H,27,30). The number of aromatic nitrogens is 3. The average Bonchev–Trinajstić information content (AvgIpc) is 3.13. The molecule has 2 heterocycles. The van der Waals surface area contributed by atoms with Crippen molar-refractivity contribution < 1.29 is 9.59 Å². The Kier molecular flexibility index (Phi) is 5.97. The topological polar surface area (TPSA) is 88.9 Å². The summed E-state index contributed by atoms with van der Waals surface area (Å²) in [5.74, 6) is 0.0712. The molecule has 0 aliphatic rings. The van der Waals surface area contributed by atoms with E-state index < -0.39 is 0 Å². The first-order chi connectivity index (χ1) is 14.4. The highest BCUT2D eigenvalue weighted by molar-refractivity contribution is 6.07. The zero-order valence-electron chi connectivity index (χ0n) is 18.9. The van der Waals surface area contributed by atoms with Crippen LogP contribution in [0.5, 0.6) is 0 Å². The molecule has 0 spiro atoms. The lowest BCUT2D eigenvalue weighted by atomic mass is 9.92. The fourth-order valence-corrected chi connectivity index (χ4v) is 2.98. The fourth-order valence-electron chi connectivity index (χ4n) is 2.98. The third-order valence-corrected chi connectivity index (χ3v) is 4.66. The molecule has 31 heavy (non-hydrogen) atoms. The summed E-state index contributed by atoms with van der Waals surface area (Å²) < 4.78 is 1.83. The summed E-state index contributed by atoms with van der Waals surface area (Å²) in [6.45, 7) is 12.4. The van der Waals surface area contributed by atoms with Gasteiger partial charge in [0.05, 0.1) is 16.8 Å². The van der Waals surface area contributed by atoms with E-state index in [9.17, 15) is 9.59 Å². The molecule has 0 atom stereocenters. The summed E-state index contributed by atoms with van der Waals surface area (Å²) >= 11 is 0. The second kappa shape index (κ2) is 8.34. The lowest BCUT2D eigenvalue weighted by Crippen LogP contribution is -2.27. The highest BCUT2D eigenvalue weighted by Crippen LogP contribution is 2.28. The largest absolute Gasteiger partial charge is 0.322 e. The maximum atomic E-state index is 13.0. The van der Waals surface area contributed by atoms with E-state index in [1.165, 1.54) is 6.20 Å². The summed E-state index contributed by atoms with van der Waals surface area (Å²) in [5, 5.41) is 10.5. The normalized spacial score (nSPS) is 11.8. The van der Waals surface area contributed by atoms with Gasteiger partial charge in [-0.25, -0.2) is 4.68 Å². The zero-order valence-corrected chi connectivity index (χ0v) is 18.9. The number of hydrogen-bond acceptors (Lipinski definition) is 4. The van der Waals surface area contributed by atoms with Gasteiger partial charge in [0.25, 0.3) is 11.8 Å². The number of amides is 2. The van der Waals surface area contributed by atoms with Gasteiger partial charge in [0.1, 0.15) is 5.82 Å². The van der Waals surface area contributed by atoms with Gasteiger partial charge >= 0.3 is 0 Å². The minimum Gasteiger partial charge on any atom is -0.322 e. The van der Waals surface area contributed by atoms with Crippen LogP contribution in [0.3, 0.4) is 0 Å². The van der Waals surface area contributed by atoms with Gasteiger partial charge in [-0.05, 0) is 51.1 Å². The van der Waals surface area contributed by atoms with Crippen molar-refractivity contribution in [1.29, 1.82) is 0 Å². The third-order valence-electron chi connectivity index (χ3n) is 4.66. The van der Waals surface area contributed by atoms with Crippen molar-refractivity contribution in [2.45, 2.75) is 52.5 Å². The minimum absolute atomic E-state index is 0.146. The van der Waals surface area contributed by atoms with E-state index in [2.05, 4.69) is 36.4 Å². The van der Waals surface area contributed by atoms with Crippen LogP contribution in [0, 0.1) is 0 Å². The first-order valence-electron chi connectivity index (χ1n) is 10.2. The van der Waals surface area contributed by atoms with Crippen LogP contribution in [-0.4, -0.2) is 26.6 Å². The molecule has 7 heteroatoms. The molecule has 0 aliphatic carbocycles. The van der Waals surface area contributed by atoms with E-state index in [0.717, 1.165) is 5.69 Å². The predicted molar refractivity (Wildman–Crippen MR) is 123 cm³/mol. The molecule has 2 N–H and O–H groups in total. The molecule has 0 saturated carbocycles. The van der Waals surface area contributed by atoms with Crippen LogP contribution in [0.4, 0.5) is 11.5 Å². The van der Waals surface area contributed by atoms with Gasteiger partial charge < -0.3 is 10.6 Å². The smallest absolute Gasteiger partial charge is 0.257 e. The van der Waals surface area contributed by atoms with Gasteiger partial charge in [0, 0.05) is 35.1 Å². The summed E-state index contributed by atoms with van der Waals surface area (Å²) in [6.07, 6.45) is 3.10. The molecule has 0 bridgehead atoms. The minimum atomic E-state index is -0.300. The van der Waals surface area contributed by atoms with Crippen molar-refractivity contribution in [3.05, 3.63) is 71.7 Å². The van der Waals surface area contributed by atoms with E-state index >= 15 is 0 Å². The Bertz CT molecular complexity index is 1090. The summed E-state index contributed by atoms with van der Waals surface area (Å²) in [4.78, 5) is 29.3. The summed E-state index contributed by atoms with van der Waals surface area (Å²) in [5.41, 5.74) is 1.86. The first-order valence-corrected chi connectivity index (χ1v) is 10.2. The van der Waals surface area contributed by atoms with Crippen LogP contribution in [-0.2, 0) is 11.0 Å². The summed E-state index contributed by atoms with van der Waals surface area (Å²) in [7, 11) is 0. The van der Waals surface area contributed by atoms with E-state index in [1.54, 1.807) is 42.6 Å². The van der Waals surface area contributed by atoms with Crippen LogP contribution in [0.1, 0.15) is 68.0 Å². The van der Waals surface area contributed by atoms with E-state index in [-0.39, 0.29) is 22.8 Å². The molecule has 0 aliphatic heterocycles. The molecule has 2 amide bonds. The van der Waals surface area contributed by atoms with Gasteiger partial charge in [-0.3, -0.25) is 14.6 Å². The van der Waals surface area contributed by atoms with E-state index in [0.29, 0.717) is 22.6 Å². The van der Waals surface area contributed by atoms with Crippen molar-refractivity contribution in [3.63, 3.8) is 0 Å². The number of carbonyl (C=O) groups is 2. The summed E-state index contributed by atoms with van der Waals surface area (Å²) in [6, 6.07) is 12.1. The number of nitrogens with one attached hydrogen (secondary N) is 2. The van der Waals surface area contributed by atoms with E-state index in [4.69, 9.17) is 5.10 Å². The Morgan fingerprint density at radius 1 is 0.871 bits per heavy atom. The maximum absolute atomic E-state index is 13.0. The lowest BCUT2D eigenvalue weighted by Gasteiger charge is -2.23. The molecule has 3 aromatic rings. The molecule has 3 rings (SSSR count). The Morgan fingerprint density at radius 3 is 2.16 bits per heavy atom. The SMILES string of the molecule is CC(C)(C)c1cc(NC(=O)c2cccc(NC(=O)c3cccnc3)c2)n(C(C)(C)C)n1. The van der Waals surface area contributed by atoms with Gasteiger partial charge in [-0.15, -0.1) is 0 Å². The number of benzene rings is 1. The number of anilines is 2. The highest BCUT2D eigenvalue weighted by Gasteiger charge is 2.26. The molecule has 0 radical (unpaired) electrons. The fraction of sp³-hybridized carbons (Fsp3) is 0.333. The Balaban J connectivity index is 1.82. The first kappa shape index (κ1) is 22.2. The molecular formula is C24H29N5O2. The molecule has 0 saturated heterocycles. The number of nitrogens with zero attached hydrogens (tertiary/aromatic N) is 3. The van der Waals surface area contributed by atoms with Crippen LogP contribution in [0.2, 0.25) is 0 Å². The van der Waals surface area contributed by atoms with Crippen LogP contribution in [0.15, 0.2) is 54.9 Å². The van der Waals surface area contributed by atoms with Crippen molar-refractivity contribution in [2.75, 3.05) is 10.6 Å². The molecule has 0 unspecified atom stereocenters. The van der Waals surface area contributed by atoms with E-state index in [1.807, 2.05) is 31.5 Å². The average molecular weight is 420 g/mol. The van der Waals surface area contributed by atoms with Crippen molar-refractivity contribution in [2.24, 2.45) is 0 Å². The van der Waals surface area contributed by atoms with Crippen LogP contribution in [0.25, 0.3) is 0 Å². The number of rotatable bonds is 4. The second-order valence-corrected chi connectivity index (χ2v) is 9.48. The third kappa shape index (κ3) is 5.36. The molecular weight excluding hydrogens is 390 g/mol.